The van der Waals surface area contributed by atoms with Crippen LogP contribution in [0.3, 0.4) is 0 Å². The highest BCUT2D eigenvalue weighted by atomic mass is 35.5. The van der Waals surface area contributed by atoms with Gasteiger partial charge in [-0.1, -0.05) is 35.0 Å². The fourth-order valence-corrected chi connectivity index (χ4v) is 1.51. The first kappa shape index (κ1) is 13.5. The molecule has 19 heavy (non-hydrogen) atoms. The van der Waals surface area contributed by atoms with Gasteiger partial charge in [0.05, 0.1) is 6.21 Å². The molecule has 2 aromatic carbocycles. The average molecular weight is 282 g/mol. The van der Waals surface area contributed by atoms with E-state index in [0.29, 0.717) is 10.6 Å². The normalized spacial score (nSPS) is 10.9. The molecule has 98 valence electrons. The number of rotatable bonds is 4. The summed E-state index contributed by atoms with van der Waals surface area (Å²) in [6.07, 6.45) is 1.51. The van der Waals surface area contributed by atoms with E-state index in [9.17, 15) is 8.78 Å². The molecule has 0 saturated carbocycles. The molecule has 0 amide bonds. The second-order valence-electron chi connectivity index (χ2n) is 3.81. The van der Waals surface area contributed by atoms with Crippen LogP contribution in [0.25, 0.3) is 0 Å². The summed E-state index contributed by atoms with van der Waals surface area (Å²) in [7, 11) is 0. The lowest BCUT2D eigenvalue weighted by molar-refractivity contribution is 0.132. The second kappa shape index (κ2) is 6.29. The molecule has 5 heteroatoms. The number of halogens is 3. The molecule has 0 radical (unpaired) electrons. The molecule has 0 fully saturated rings. The molecule has 0 bridgehead atoms. The lowest BCUT2D eigenvalue weighted by Gasteiger charge is -2.00. The molecule has 0 aliphatic rings. The van der Waals surface area contributed by atoms with E-state index in [1.165, 1.54) is 12.3 Å². The summed E-state index contributed by atoms with van der Waals surface area (Å²) in [6.45, 7) is 0.0707. The van der Waals surface area contributed by atoms with Crippen LogP contribution >= 0.6 is 11.6 Å². The van der Waals surface area contributed by atoms with Gasteiger partial charge in [-0.3, -0.25) is 0 Å². The molecule has 2 rings (SSSR count). The molecule has 0 saturated heterocycles. The van der Waals surface area contributed by atoms with Gasteiger partial charge in [-0.25, -0.2) is 8.78 Å². The minimum absolute atomic E-state index is 0.0707. The van der Waals surface area contributed by atoms with Gasteiger partial charge < -0.3 is 4.84 Å². The van der Waals surface area contributed by atoms with Gasteiger partial charge in [0, 0.05) is 5.02 Å². The van der Waals surface area contributed by atoms with Gasteiger partial charge in [-0.15, -0.1) is 0 Å². The number of benzene rings is 2. The van der Waals surface area contributed by atoms with E-state index in [1.54, 1.807) is 24.3 Å². The third-order valence-corrected chi connectivity index (χ3v) is 2.61. The van der Waals surface area contributed by atoms with Gasteiger partial charge in [-0.2, -0.15) is 0 Å². The topological polar surface area (TPSA) is 21.6 Å². The van der Waals surface area contributed by atoms with Crippen LogP contribution in [0, 0.1) is 11.6 Å². The molecular formula is C14H10ClF2NO. The summed E-state index contributed by atoms with van der Waals surface area (Å²) < 4.78 is 25.6. The van der Waals surface area contributed by atoms with E-state index in [2.05, 4.69) is 5.16 Å². The SMILES string of the molecule is Fc1ccc(CON=Cc2ccc(Cl)cc2)cc1F. The fraction of sp³-hybridized carbons (Fsp3) is 0.0714. The van der Waals surface area contributed by atoms with Crippen molar-refractivity contribution in [2.45, 2.75) is 6.61 Å². The average Bonchev–Trinajstić information content (AvgIpc) is 2.41. The third-order valence-electron chi connectivity index (χ3n) is 2.36. The van der Waals surface area contributed by atoms with Crippen LogP contribution in [0.2, 0.25) is 5.02 Å². The van der Waals surface area contributed by atoms with Crippen molar-refractivity contribution in [3.05, 3.63) is 70.2 Å². The van der Waals surface area contributed by atoms with Crippen LogP contribution in [0.5, 0.6) is 0 Å². The molecule has 0 spiro atoms. The van der Waals surface area contributed by atoms with E-state index in [1.807, 2.05) is 0 Å². The summed E-state index contributed by atoms with van der Waals surface area (Å²) in [5, 5.41) is 4.37. The van der Waals surface area contributed by atoms with Crippen molar-refractivity contribution in [1.29, 1.82) is 0 Å². The lowest BCUT2D eigenvalue weighted by atomic mass is 10.2. The Morgan fingerprint density at radius 1 is 1.05 bits per heavy atom. The summed E-state index contributed by atoms with van der Waals surface area (Å²) in [4.78, 5) is 5.00. The van der Waals surface area contributed by atoms with Crippen LogP contribution in [0.15, 0.2) is 47.6 Å². The van der Waals surface area contributed by atoms with Crippen molar-refractivity contribution in [2.75, 3.05) is 0 Å². The van der Waals surface area contributed by atoms with Gasteiger partial charge in [0.1, 0.15) is 6.61 Å². The first-order chi connectivity index (χ1) is 9.15. The molecule has 0 heterocycles. The van der Waals surface area contributed by atoms with E-state index < -0.39 is 11.6 Å². The lowest BCUT2D eigenvalue weighted by Crippen LogP contribution is -1.91. The summed E-state index contributed by atoms with van der Waals surface area (Å²) >= 11 is 5.74. The Morgan fingerprint density at radius 3 is 2.47 bits per heavy atom. The van der Waals surface area contributed by atoms with Crippen LogP contribution in [-0.4, -0.2) is 6.21 Å². The summed E-state index contributed by atoms with van der Waals surface area (Å²) in [5.41, 5.74) is 1.34. The van der Waals surface area contributed by atoms with Gasteiger partial charge in [0.15, 0.2) is 11.6 Å². The zero-order valence-electron chi connectivity index (χ0n) is 9.82. The third kappa shape index (κ3) is 4.03. The Morgan fingerprint density at radius 2 is 1.79 bits per heavy atom. The molecule has 0 aromatic heterocycles. The summed E-state index contributed by atoms with van der Waals surface area (Å²) in [5.74, 6) is -1.78. The maximum absolute atomic E-state index is 12.9. The monoisotopic (exact) mass is 281 g/mol. The van der Waals surface area contributed by atoms with Crippen molar-refractivity contribution in [2.24, 2.45) is 5.16 Å². The zero-order chi connectivity index (χ0) is 13.7. The van der Waals surface area contributed by atoms with E-state index >= 15 is 0 Å². The Hall–Kier alpha value is -1.94. The molecule has 2 nitrogen and oxygen atoms in total. The smallest absolute Gasteiger partial charge is 0.159 e. The second-order valence-corrected chi connectivity index (χ2v) is 4.24. The minimum Gasteiger partial charge on any atom is -0.391 e. The van der Waals surface area contributed by atoms with Crippen LogP contribution in [0.4, 0.5) is 8.78 Å². The Balaban J connectivity index is 1.89. The molecule has 0 atom stereocenters. The molecule has 0 unspecified atom stereocenters. The number of oxime groups is 1. The molecule has 0 N–H and O–H groups in total. The molecular weight excluding hydrogens is 272 g/mol. The highest BCUT2D eigenvalue weighted by molar-refractivity contribution is 6.30. The number of hydrogen-bond acceptors (Lipinski definition) is 2. The Bertz CT molecular complexity index is 584. The minimum atomic E-state index is -0.900. The van der Waals surface area contributed by atoms with E-state index in [4.69, 9.17) is 16.4 Å². The Kier molecular flexibility index (Phi) is 4.47. The van der Waals surface area contributed by atoms with Crippen molar-refractivity contribution in [3.8, 4) is 0 Å². The Labute approximate surface area is 114 Å². The van der Waals surface area contributed by atoms with Crippen LogP contribution in [0.1, 0.15) is 11.1 Å². The van der Waals surface area contributed by atoms with Gasteiger partial charge in [0.25, 0.3) is 0 Å². The molecule has 0 aliphatic carbocycles. The quantitative estimate of drug-likeness (QED) is 0.609. The highest BCUT2D eigenvalue weighted by Gasteiger charge is 2.02. The highest BCUT2D eigenvalue weighted by Crippen LogP contribution is 2.10. The first-order valence-corrected chi connectivity index (χ1v) is 5.88. The number of nitrogens with zero attached hydrogens (tertiary/aromatic N) is 1. The van der Waals surface area contributed by atoms with Crippen molar-refractivity contribution >= 4 is 17.8 Å². The summed E-state index contributed by atoms with van der Waals surface area (Å²) in [6, 6.07) is 10.6. The predicted octanol–water partition coefficient (Wildman–Crippen LogP) is 4.17. The predicted molar refractivity (Wildman–Crippen MR) is 70.2 cm³/mol. The fourth-order valence-electron chi connectivity index (χ4n) is 1.39. The van der Waals surface area contributed by atoms with Crippen molar-refractivity contribution in [3.63, 3.8) is 0 Å². The maximum Gasteiger partial charge on any atom is 0.159 e. The standard InChI is InChI=1S/C14H10ClF2NO/c15-12-4-1-10(2-5-12)8-18-19-9-11-3-6-13(16)14(17)7-11/h1-8H,9H2. The maximum atomic E-state index is 12.9. The van der Waals surface area contributed by atoms with Crippen LogP contribution < -0.4 is 0 Å². The van der Waals surface area contributed by atoms with E-state index in [0.717, 1.165) is 17.7 Å². The largest absolute Gasteiger partial charge is 0.391 e. The van der Waals surface area contributed by atoms with Gasteiger partial charge >= 0.3 is 0 Å². The van der Waals surface area contributed by atoms with Crippen LogP contribution in [-0.2, 0) is 11.4 Å². The van der Waals surface area contributed by atoms with Crippen molar-refractivity contribution < 1.29 is 13.6 Å². The van der Waals surface area contributed by atoms with Gasteiger partial charge in [-0.05, 0) is 35.4 Å². The van der Waals surface area contributed by atoms with Crippen molar-refractivity contribution in [1.82, 2.24) is 0 Å². The van der Waals surface area contributed by atoms with E-state index in [-0.39, 0.29) is 6.61 Å². The number of hydrogen-bond donors (Lipinski definition) is 0. The molecule has 0 aliphatic heterocycles. The zero-order valence-corrected chi connectivity index (χ0v) is 10.6. The first-order valence-electron chi connectivity index (χ1n) is 5.50. The molecule has 2 aromatic rings. The van der Waals surface area contributed by atoms with Gasteiger partial charge in [0.2, 0.25) is 0 Å².